The number of nitrogens with one attached hydrogen (secondary N) is 2. The molecule has 7 heteroatoms. The van der Waals surface area contributed by atoms with E-state index >= 15 is 0 Å². The van der Waals surface area contributed by atoms with E-state index in [0.717, 1.165) is 5.56 Å². The Kier molecular flexibility index (Phi) is 7.68. The fraction of sp³-hybridized carbons (Fsp3) is 0.333. The molecule has 2 amide bonds. The number of anilines is 1. The molecule has 0 heterocycles. The van der Waals surface area contributed by atoms with Crippen LogP contribution in [-0.4, -0.2) is 39.7 Å². The van der Waals surface area contributed by atoms with Crippen LogP contribution in [-0.2, 0) is 11.2 Å². The molecular formula is C21H26N2O5. The summed E-state index contributed by atoms with van der Waals surface area (Å²) in [6.07, 6.45) is 0.717. The molecule has 0 spiro atoms. The summed E-state index contributed by atoms with van der Waals surface area (Å²) in [7, 11) is 4.64. The lowest BCUT2D eigenvalue weighted by atomic mass is 10.1. The highest BCUT2D eigenvalue weighted by Gasteiger charge is 2.15. The molecule has 150 valence electrons. The molecule has 2 N–H and O–H groups in total. The van der Waals surface area contributed by atoms with Gasteiger partial charge in [-0.2, -0.15) is 0 Å². The van der Waals surface area contributed by atoms with E-state index in [1.807, 2.05) is 19.1 Å². The molecule has 0 aliphatic rings. The number of aryl methyl sites for hydroxylation is 1. The minimum Gasteiger partial charge on any atom is -0.493 e. The second kappa shape index (κ2) is 10.2. The molecule has 0 fully saturated rings. The van der Waals surface area contributed by atoms with Crippen molar-refractivity contribution in [3.63, 3.8) is 0 Å². The fourth-order valence-electron chi connectivity index (χ4n) is 2.80. The monoisotopic (exact) mass is 386 g/mol. The highest BCUT2D eigenvalue weighted by atomic mass is 16.5. The van der Waals surface area contributed by atoms with Crippen molar-refractivity contribution in [3.8, 4) is 17.2 Å². The summed E-state index contributed by atoms with van der Waals surface area (Å²) in [6, 6.07) is 10.6. The zero-order valence-electron chi connectivity index (χ0n) is 16.6. The number of carbonyl (C=O) groups is 2. The molecule has 0 unspecified atom stereocenters. The fourth-order valence-corrected chi connectivity index (χ4v) is 2.80. The smallest absolute Gasteiger partial charge is 0.253 e. The lowest BCUT2D eigenvalue weighted by Gasteiger charge is -2.14. The van der Waals surface area contributed by atoms with Gasteiger partial charge >= 0.3 is 0 Å². The Bertz CT molecular complexity index is 810. The maximum absolute atomic E-state index is 12.4. The Morgan fingerprint density at radius 1 is 0.964 bits per heavy atom. The molecule has 0 saturated carbocycles. The van der Waals surface area contributed by atoms with Gasteiger partial charge in [-0.3, -0.25) is 9.59 Å². The van der Waals surface area contributed by atoms with E-state index in [-0.39, 0.29) is 18.2 Å². The quantitative estimate of drug-likeness (QED) is 0.692. The van der Waals surface area contributed by atoms with Crippen LogP contribution in [0.3, 0.4) is 0 Å². The minimum absolute atomic E-state index is 0.189. The summed E-state index contributed by atoms with van der Waals surface area (Å²) in [5, 5.41) is 5.55. The predicted molar refractivity (Wildman–Crippen MR) is 107 cm³/mol. The van der Waals surface area contributed by atoms with Crippen LogP contribution in [0.15, 0.2) is 36.4 Å². The van der Waals surface area contributed by atoms with Crippen LogP contribution >= 0.6 is 0 Å². The normalized spacial score (nSPS) is 10.1. The van der Waals surface area contributed by atoms with Crippen LogP contribution < -0.4 is 24.8 Å². The second-order valence-electron chi connectivity index (χ2n) is 5.99. The number of para-hydroxylation sites is 1. The van der Waals surface area contributed by atoms with E-state index in [4.69, 9.17) is 14.2 Å². The van der Waals surface area contributed by atoms with E-state index in [1.54, 1.807) is 45.6 Å². The van der Waals surface area contributed by atoms with E-state index in [1.165, 1.54) is 0 Å². The molecule has 0 radical (unpaired) electrons. The first-order chi connectivity index (χ1) is 13.5. The standard InChI is InChI=1S/C21H26N2O5/c1-5-22-21(25)15-8-6-7-9-16(15)23-19(24)11-10-14-12-17(26-2)20(28-4)18(13-14)27-3/h6-9,12-13H,5,10-11H2,1-4H3,(H,22,25)(H,23,24). The van der Waals surface area contributed by atoms with Gasteiger partial charge in [-0.15, -0.1) is 0 Å². The number of hydrogen-bond acceptors (Lipinski definition) is 5. The summed E-state index contributed by atoms with van der Waals surface area (Å²) in [6.45, 7) is 2.36. The zero-order chi connectivity index (χ0) is 20.5. The third-order valence-corrected chi connectivity index (χ3v) is 4.15. The van der Waals surface area contributed by atoms with Crippen LogP contribution in [0, 0.1) is 0 Å². The van der Waals surface area contributed by atoms with Crippen LogP contribution in [0.4, 0.5) is 5.69 Å². The Hall–Kier alpha value is -3.22. The number of ether oxygens (including phenoxy) is 3. The molecule has 0 aliphatic carbocycles. The average Bonchev–Trinajstić information content (AvgIpc) is 2.71. The average molecular weight is 386 g/mol. The molecule has 28 heavy (non-hydrogen) atoms. The Balaban J connectivity index is 2.09. The van der Waals surface area contributed by atoms with Gasteiger partial charge in [0.25, 0.3) is 5.91 Å². The van der Waals surface area contributed by atoms with Crippen LogP contribution in [0.2, 0.25) is 0 Å². The number of amides is 2. The number of carbonyl (C=O) groups excluding carboxylic acids is 2. The predicted octanol–water partition coefficient (Wildman–Crippen LogP) is 3.03. The summed E-state index contributed by atoms with van der Waals surface area (Å²) in [5.41, 5.74) is 1.80. The summed E-state index contributed by atoms with van der Waals surface area (Å²) in [5.74, 6) is 1.18. The van der Waals surface area contributed by atoms with Crippen LogP contribution in [0.1, 0.15) is 29.3 Å². The van der Waals surface area contributed by atoms with Gasteiger partial charge in [0.15, 0.2) is 11.5 Å². The molecule has 2 aromatic rings. The molecule has 2 rings (SSSR count). The van der Waals surface area contributed by atoms with Gasteiger partial charge in [0.1, 0.15) is 0 Å². The summed E-state index contributed by atoms with van der Waals surface area (Å²) >= 11 is 0. The van der Waals surface area contributed by atoms with Crippen molar-refractivity contribution in [3.05, 3.63) is 47.5 Å². The lowest BCUT2D eigenvalue weighted by molar-refractivity contribution is -0.116. The zero-order valence-corrected chi connectivity index (χ0v) is 16.6. The van der Waals surface area contributed by atoms with Gasteiger partial charge in [0.2, 0.25) is 11.7 Å². The van der Waals surface area contributed by atoms with Crippen molar-refractivity contribution in [1.29, 1.82) is 0 Å². The Morgan fingerprint density at radius 3 is 2.18 bits per heavy atom. The molecule has 2 aromatic carbocycles. The third kappa shape index (κ3) is 5.16. The third-order valence-electron chi connectivity index (χ3n) is 4.15. The van der Waals surface area contributed by atoms with Crippen LogP contribution in [0.25, 0.3) is 0 Å². The van der Waals surface area contributed by atoms with Crippen molar-refractivity contribution in [2.75, 3.05) is 33.2 Å². The Morgan fingerprint density at radius 2 is 1.61 bits per heavy atom. The van der Waals surface area contributed by atoms with Gasteiger partial charge < -0.3 is 24.8 Å². The number of methoxy groups -OCH3 is 3. The van der Waals surface area contributed by atoms with Gasteiger partial charge in [-0.1, -0.05) is 12.1 Å². The van der Waals surface area contributed by atoms with Gasteiger partial charge in [0.05, 0.1) is 32.6 Å². The Labute approximate surface area is 165 Å². The van der Waals surface area contributed by atoms with Crippen molar-refractivity contribution in [2.24, 2.45) is 0 Å². The lowest BCUT2D eigenvalue weighted by Crippen LogP contribution is -2.24. The minimum atomic E-state index is -0.219. The summed E-state index contributed by atoms with van der Waals surface area (Å²) in [4.78, 5) is 24.5. The van der Waals surface area contributed by atoms with Crippen LogP contribution in [0.5, 0.6) is 17.2 Å². The first-order valence-electron chi connectivity index (χ1n) is 9.00. The molecule has 0 atom stereocenters. The molecule has 0 aromatic heterocycles. The van der Waals surface area contributed by atoms with Crippen molar-refractivity contribution in [1.82, 2.24) is 5.32 Å². The van der Waals surface area contributed by atoms with E-state index in [9.17, 15) is 9.59 Å². The maximum Gasteiger partial charge on any atom is 0.253 e. The topological polar surface area (TPSA) is 85.9 Å². The SMILES string of the molecule is CCNC(=O)c1ccccc1NC(=O)CCc1cc(OC)c(OC)c(OC)c1. The molecular weight excluding hydrogens is 360 g/mol. The van der Waals surface area contributed by atoms with Gasteiger partial charge in [-0.05, 0) is 43.2 Å². The number of hydrogen-bond donors (Lipinski definition) is 2. The maximum atomic E-state index is 12.4. The highest BCUT2D eigenvalue weighted by molar-refractivity contribution is 6.03. The first-order valence-corrected chi connectivity index (χ1v) is 9.00. The van der Waals surface area contributed by atoms with Crippen molar-refractivity contribution in [2.45, 2.75) is 19.8 Å². The molecule has 0 aliphatic heterocycles. The van der Waals surface area contributed by atoms with E-state index in [0.29, 0.717) is 41.5 Å². The highest BCUT2D eigenvalue weighted by Crippen LogP contribution is 2.38. The summed E-state index contributed by atoms with van der Waals surface area (Å²) < 4.78 is 16.0. The molecule has 7 nitrogen and oxygen atoms in total. The molecule has 0 bridgehead atoms. The largest absolute Gasteiger partial charge is 0.493 e. The van der Waals surface area contributed by atoms with E-state index < -0.39 is 0 Å². The van der Waals surface area contributed by atoms with Crippen molar-refractivity contribution < 1.29 is 23.8 Å². The van der Waals surface area contributed by atoms with E-state index in [2.05, 4.69) is 10.6 Å². The van der Waals surface area contributed by atoms with Crippen molar-refractivity contribution >= 4 is 17.5 Å². The number of rotatable bonds is 9. The number of benzene rings is 2. The second-order valence-corrected chi connectivity index (χ2v) is 5.99. The van der Waals surface area contributed by atoms with Gasteiger partial charge in [-0.25, -0.2) is 0 Å². The molecule has 0 saturated heterocycles. The van der Waals surface area contributed by atoms with Gasteiger partial charge in [0, 0.05) is 13.0 Å². The first kappa shape index (κ1) is 21.1.